The first kappa shape index (κ1) is 13.0. The van der Waals surface area contributed by atoms with Gasteiger partial charge < -0.3 is 10.8 Å². The van der Waals surface area contributed by atoms with Crippen LogP contribution in [0.25, 0.3) is 0 Å². The molecule has 0 spiro atoms. The third-order valence-electron chi connectivity index (χ3n) is 2.42. The van der Waals surface area contributed by atoms with E-state index in [0.29, 0.717) is 17.3 Å². The Balaban J connectivity index is 3.01. The molecular weight excluding hydrogens is 230 g/mol. The number of hydrogen-bond acceptors (Lipinski definition) is 3. The summed E-state index contributed by atoms with van der Waals surface area (Å²) in [5.41, 5.74) is 6.99. The van der Waals surface area contributed by atoms with Gasteiger partial charge in [0.15, 0.2) is 0 Å². The molecule has 0 amide bonds. The van der Waals surface area contributed by atoms with Crippen molar-refractivity contribution in [2.45, 2.75) is 39.3 Å². The molecule has 0 saturated heterocycles. The van der Waals surface area contributed by atoms with Crippen LogP contribution in [0.1, 0.15) is 25.2 Å². The molecule has 1 aromatic heterocycles. The topological polar surface area (TPSA) is 81.1 Å². The van der Waals surface area contributed by atoms with E-state index in [2.05, 4.69) is 5.10 Å². The number of rotatable bonds is 5. The molecule has 3 N–H and O–H groups in total. The number of halogens is 1. The Bertz CT molecular complexity index is 390. The van der Waals surface area contributed by atoms with E-state index >= 15 is 0 Å². The molecule has 0 aliphatic heterocycles. The molecule has 0 fully saturated rings. The van der Waals surface area contributed by atoms with Crippen LogP contribution in [0.4, 0.5) is 0 Å². The molecule has 0 radical (unpaired) electrons. The monoisotopic (exact) mass is 245 g/mol. The summed E-state index contributed by atoms with van der Waals surface area (Å²) in [5.74, 6) is -1.03. The number of aliphatic carboxylic acids is 1. The quantitative estimate of drug-likeness (QED) is 0.813. The molecule has 0 bridgehead atoms. The van der Waals surface area contributed by atoms with Gasteiger partial charge in [0.25, 0.3) is 0 Å². The van der Waals surface area contributed by atoms with E-state index < -0.39 is 12.0 Å². The van der Waals surface area contributed by atoms with Gasteiger partial charge in [-0.3, -0.25) is 9.48 Å². The fraction of sp³-hybridized carbons (Fsp3) is 0.600. The minimum absolute atomic E-state index is 0.203. The predicted molar refractivity (Wildman–Crippen MR) is 61.6 cm³/mol. The van der Waals surface area contributed by atoms with Crippen LogP contribution in [0.2, 0.25) is 5.02 Å². The normalized spacial score (nSPS) is 12.8. The maximum atomic E-state index is 10.7. The molecule has 1 aromatic rings. The standard InChI is InChI=1S/C10H16ClN3O2/c1-3-7-9(11)8(14(4-2)13-7)5-6(12)10(15)16/h6H,3-5,12H2,1-2H3,(H,15,16)/t6-/m0/s1. The number of nitrogens with two attached hydrogens (primary N) is 1. The van der Waals surface area contributed by atoms with Gasteiger partial charge in [0.2, 0.25) is 0 Å². The van der Waals surface area contributed by atoms with Crippen molar-refractivity contribution < 1.29 is 9.90 Å². The molecule has 1 heterocycles. The zero-order chi connectivity index (χ0) is 12.3. The van der Waals surface area contributed by atoms with E-state index in [0.717, 1.165) is 12.1 Å². The number of aromatic nitrogens is 2. The molecule has 0 aromatic carbocycles. The summed E-state index contributed by atoms with van der Waals surface area (Å²) in [6.45, 7) is 4.54. The number of carbonyl (C=O) groups is 1. The van der Waals surface area contributed by atoms with Gasteiger partial charge in [-0.15, -0.1) is 0 Å². The first-order valence-electron chi connectivity index (χ1n) is 5.23. The van der Waals surface area contributed by atoms with Gasteiger partial charge in [-0.25, -0.2) is 0 Å². The van der Waals surface area contributed by atoms with Gasteiger partial charge in [0.05, 0.1) is 16.4 Å². The van der Waals surface area contributed by atoms with Crippen molar-refractivity contribution in [3.05, 3.63) is 16.4 Å². The number of carboxylic acids is 1. The lowest BCUT2D eigenvalue weighted by Crippen LogP contribution is -2.33. The minimum atomic E-state index is -1.03. The number of aryl methyl sites for hydroxylation is 2. The highest BCUT2D eigenvalue weighted by Crippen LogP contribution is 2.22. The van der Waals surface area contributed by atoms with Crippen LogP contribution >= 0.6 is 11.6 Å². The van der Waals surface area contributed by atoms with E-state index in [1.807, 2.05) is 13.8 Å². The molecular formula is C10H16ClN3O2. The maximum absolute atomic E-state index is 10.7. The number of hydrogen-bond donors (Lipinski definition) is 2. The van der Waals surface area contributed by atoms with Gasteiger partial charge in [-0.1, -0.05) is 18.5 Å². The van der Waals surface area contributed by atoms with Crippen molar-refractivity contribution in [1.29, 1.82) is 0 Å². The number of carboxylic acid groups (broad SMARTS) is 1. The molecule has 6 heteroatoms. The summed E-state index contributed by atoms with van der Waals surface area (Å²) in [5, 5.41) is 13.6. The largest absolute Gasteiger partial charge is 0.480 e. The zero-order valence-corrected chi connectivity index (χ0v) is 10.2. The van der Waals surface area contributed by atoms with Crippen molar-refractivity contribution in [3.63, 3.8) is 0 Å². The van der Waals surface area contributed by atoms with Crippen molar-refractivity contribution in [2.75, 3.05) is 0 Å². The first-order valence-corrected chi connectivity index (χ1v) is 5.61. The fourth-order valence-electron chi connectivity index (χ4n) is 1.51. The summed E-state index contributed by atoms with van der Waals surface area (Å²) in [6.07, 6.45) is 0.927. The Kier molecular flexibility index (Phi) is 4.32. The molecule has 90 valence electrons. The molecule has 0 saturated carbocycles. The molecule has 5 nitrogen and oxygen atoms in total. The maximum Gasteiger partial charge on any atom is 0.320 e. The molecule has 1 atom stereocenters. The fourth-order valence-corrected chi connectivity index (χ4v) is 1.85. The van der Waals surface area contributed by atoms with Crippen LogP contribution in [0.5, 0.6) is 0 Å². The van der Waals surface area contributed by atoms with Gasteiger partial charge >= 0.3 is 5.97 Å². The van der Waals surface area contributed by atoms with E-state index in [-0.39, 0.29) is 6.42 Å². The lowest BCUT2D eigenvalue weighted by molar-refractivity contribution is -0.138. The molecule has 0 aliphatic carbocycles. The predicted octanol–water partition coefficient (Wildman–Crippen LogP) is 1.07. The Hall–Kier alpha value is -1.07. The average molecular weight is 246 g/mol. The highest BCUT2D eigenvalue weighted by atomic mass is 35.5. The summed E-state index contributed by atoms with van der Waals surface area (Å²) in [7, 11) is 0. The van der Waals surface area contributed by atoms with Crippen LogP contribution in [0.3, 0.4) is 0 Å². The third-order valence-corrected chi connectivity index (χ3v) is 2.86. The molecule has 1 rings (SSSR count). The summed E-state index contributed by atoms with van der Waals surface area (Å²) >= 11 is 6.13. The second kappa shape index (κ2) is 5.32. The van der Waals surface area contributed by atoms with Crippen molar-refractivity contribution in [2.24, 2.45) is 5.73 Å². The molecule has 16 heavy (non-hydrogen) atoms. The van der Waals surface area contributed by atoms with E-state index in [9.17, 15) is 4.79 Å². The van der Waals surface area contributed by atoms with Gasteiger partial charge in [0, 0.05) is 13.0 Å². The summed E-state index contributed by atoms with van der Waals surface area (Å²) < 4.78 is 1.71. The second-order valence-corrected chi connectivity index (χ2v) is 3.90. The van der Waals surface area contributed by atoms with Crippen LogP contribution in [0.15, 0.2) is 0 Å². The van der Waals surface area contributed by atoms with E-state index in [1.165, 1.54) is 0 Å². The SMILES string of the molecule is CCc1nn(CC)c(C[C@H](N)C(=O)O)c1Cl. The number of nitrogens with zero attached hydrogens (tertiary/aromatic N) is 2. The summed E-state index contributed by atoms with van der Waals surface area (Å²) in [4.78, 5) is 10.7. The summed E-state index contributed by atoms with van der Waals surface area (Å²) in [6, 6.07) is -0.941. The highest BCUT2D eigenvalue weighted by molar-refractivity contribution is 6.31. The molecule has 0 unspecified atom stereocenters. The Morgan fingerprint density at radius 3 is 2.69 bits per heavy atom. The van der Waals surface area contributed by atoms with Crippen molar-refractivity contribution in [1.82, 2.24) is 9.78 Å². The van der Waals surface area contributed by atoms with Crippen LogP contribution in [0, 0.1) is 0 Å². The van der Waals surface area contributed by atoms with Crippen LogP contribution < -0.4 is 5.73 Å². The van der Waals surface area contributed by atoms with Crippen LogP contribution in [-0.2, 0) is 24.2 Å². The van der Waals surface area contributed by atoms with E-state index in [1.54, 1.807) is 4.68 Å². The van der Waals surface area contributed by atoms with Crippen LogP contribution in [-0.4, -0.2) is 26.9 Å². The van der Waals surface area contributed by atoms with Crippen molar-refractivity contribution in [3.8, 4) is 0 Å². The average Bonchev–Trinajstić information content (AvgIpc) is 2.55. The van der Waals surface area contributed by atoms with Crippen molar-refractivity contribution >= 4 is 17.6 Å². The zero-order valence-electron chi connectivity index (χ0n) is 9.40. The molecule has 0 aliphatic rings. The third kappa shape index (κ3) is 2.54. The van der Waals surface area contributed by atoms with Gasteiger partial charge in [-0.05, 0) is 13.3 Å². The smallest absolute Gasteiger partial charge is 0.320 e. The lowest BCUT2D eigenvalue weighted by Gasteiger charge is -2.08. The lowest BCUT2D eigenvalue weighted by atomic mass is 10.1. The Morgan fingerprint density at radius 2 is 2.25 bits per heavy atom. The first-order chi connectivity index (χ1) is 7.51. The van der Waals surface area contributed by atoms with Gasteiger partial charge in [0.1, 0.15) is 6.04 Å². The van der Waals surface area contributed by atoms with Gasteiger partial charge in [-0.2, -0.15) is 5.10 Å². The second-order valence-electron chi connectivity index (χ2n) is 3.53. The Labute approximate surface area is 99.2 Å². The Morgan fingerprint density at radius 1 is 1.62 bits per heavy atom. The van der Waals surface area contributed by atoms with E-state index in [4.69, 9.17) is 22.4 Å². The minimum Gasteiger partial charge on any atom is -0.480 e. The highest BCUT2D eigenvalue weighted by Gasteiger charge is 2.20.